The van der Waals surface area contributed by atoms with Crippen molar-refractivity contribution < 1.29 is 47.6 Å². The maximum absolute atomic E-state index is 13.4. The van der Waals surface area contributed by atoms with Gasteiger partial charge in [0.05, 0.1) is 17.0 Å². The highest BCUT2D eigenvalue weighted by molar-refractivity contribution is 7.99. The average molecular weight is 506 g/mol. The van der Waals surface area contributed by atoms with Crippen LogP contribution >= 0.6 is 23.4 Å². The van der Waals surface area contributed by atoms with E-state index in [0.717, 1.165) is 6.92 Å². The van der Waals surface area contributed by atoms with Crippen LogP contribution in [0.5, 0.6) is 0 Å². The van der Waals surface area contributed by atoms with Gasteiger partial charge in [-0.2, -0.15) is 0 Å². The van der Waals surface area contributed by atoms with Crippen molar-refractivity contribution in [3.8, 4) is 0 Å². The van der Waals surface area contributed by atoms with Gasteiger partial charge in [-0.05, 0) is 18.2 Å². The molecule has 0 spiro atoms. The first-order chi connectivity index (χ1) is 15.6. The molecule has 2 aliphatic rings. The van der Waals surface area contributed by atoms with Crippen molar-refractivity contribution in [2.75, 3.05) is 19.3 Å². The van der Waals surface area contributed by atoms with E-state index in [1.807, 2.05) is 0 Å². The molecular formula is C20H21ClFNO9S. The molecule has 0 saturated heterocycles. The highest BCUT2D eigenvalue weighted by atomic mass is 35.5. The summed E-state index contributed by atoms with van der Waals surface area (Å²) in [6.45, 7) is -0.0766. The summed E-state index contributed by atoms with van der Waals surface area (Å²) in [7, 11) is 0. The Morgan fingerprint density at radius 1 is 1.27 bits per heavy atom. The van der Waals surface area contributed by atoms with E-state index in [9.17, 15) is 28.7 Å². The summed E-state index contributed by atoms with van der Waals surface area (Å²) < 4.78 is 32.2. The Hall–Kier alpha value is -2.41. The zero-order chi connectivity index (χ0) is 24.3. The van der Waals surface area contributed by atoms with Crippen LogP contribution in [0.15, 0.2) is 23.1 Å². The first kappa shape index (κ1) is 25.2. The molecule has 180 valence electrons. The number of hydrogen-bond donors (Lipinski definition) is 2. The van der Waals surface area contributed by atoms with Gasteiger partial charge in [0.2, 0.25) is 13.6 Å². The third-order valence-corrected chi connectivity index (χ3v) is 7.19. The number of thioether (sulfide) groups is 1. The first-order valence-corrected chi connectivity index (χ1v) is 11.1. The van der Waals surface area contributed by atoms with E-state index >= 15 is 0 Å². The molecule has 3 N–H and O–H groups in total. The summed E-state index contributed by atoms with van der Waals surface area (Å²) in [6.07, 6.45) is -1.17. The van der Waals surface area contributed by atoms with E-state index < -0.39 is 72.6 Å². The Bertz CT molecular complexity index is 950. The van der Waals surface area contributed by atoms with Gasteiger partial charge < -0.3 is 29.8 Å². The van der Waals surface area contributed by atoms with Crippen molar-refractivity contribution in [1.29, 1.82) is 0 Å². The molecular weight excluding hydrogens is 485 g/mol. The maximum Gasteiger partial charge on any atom is 0.329 e. The molecule has 3 rings (SSSR count). The van der Waals surface area contributed by atoms with E-state index in [1.165, 1.54) is 30.0 Å². The molecule has 13 heteroatoms. The number of carbonyl (C=O) groups excluding carboxylic acids is 4. The summed E-state index contributed by atoms with van der Waals surface area (Å²) in [4.78, 5) is 47.0. The van der Waals surface area contributed by atoms with Crippen molar-refractivity contribution in [1.82, 2.24) is 0 Å². The van der Waals surface area contributed by atoms with E-state index in [1.54, 1.807) is 0 Å². The maximum atomic E-state index is 13.4. The van der Waals surface area contributed by atoms with E-state index in [4.69, 9.17) is 26.8 Å². The number of esters is 3. The summed E-state index contributed by atoms with van der Waals surface area (Å²) in [5, 5.41) is 10.8. The third kappa shape index (κ3) is 5.08. The van der Waals surface area contributed by atoms with Crippen LogP contribution in [0.4, 0.5) is 4.39 Å². The molecule has 1 aromatic carbocycles. The Morgan fingerprint density at radius 2 is 2.00 bits per heavy atom. The van der Waals surface area contributed by atoms with E-state index in [2.05, 4.69) is 9.47 Å². The highest BCUT2D eigenvalue weighted by Gasteiger charge is 2.78. The molecule has 0 aromatic heterocycles. The predicted octanol–water partition coefficient (Wildman–Crippen LogP) is 0.859. The Balaban J connectivity index is 1.76. The molecule has 10 nitrogen and oxygen atoms in total. The summed E-state index contributed by atoms with van der Waals surface area (Å²) in [6, 6.07) is 4.06. The average Bonchev–Trinajstić information content (AvgIpc) is 3.47. The summed E-state index contributed by atoms with van der Waals surface area (Å²) in [5.41, 5.74) is 4.65. The fourth-order valence-electron chi connectivity index (χ4n) is 4.26. The van der Waals surface area contributed by atoms with Crippen LogP contribution in [0.25, 0.3) is 0 Å². The van der Waals surface area contributed by atoms with Crippen molar-refractivity contribution in [3.63, 3.8) is 0 Å². The lowest BCUT2D eigenvalue weighted by atomic mass is 9.81. The van der Waals surface area contributed by atoms with Gasteiger partial charge in [-0.25, -0.2) is 9.18 Å². The molecule has 0 heterocycles. The van der Waals surface area contributed by atoms with Crippen LogP contribution in [0, 0.1) is 29.5 Å². The van der Waals surface area contributed by atoms with Gasteiger partial charge >= 0.3 is 17.9 Å². The summed E-state index contributed by atoms with van der Waals surface area (Å²) in [5.74, 6) is -6.16. The van der Waals surface area contributed by atoms with Crippen molar-refractivity contribution in [2.45, 2.75) is 23.5 Å². The standard InChI is InChI=1S/C20H21ClFNO9S/c1-9(25)30-8-31-18(27)15-14-16(15)20(23,19(28)32-7-29-6-24)11(17(14)26)5-33-10-2-3-13(22)12(21)4-10/h2-4,6,11,14-17,26H,5,7-8,23H2,1H3/t11-,14?,15+,16+,17-,20+/m1/s1. The normalized spacial score (nSPS) is 29.5. The second-order valence-corrected chi connectivity index (χ2v) is 9.08. The molecule has 1 unspecified atom stereocenters. The number of ether oxygens (including phenoxy) is 4. The topological polar surface area (TPSA) is 151 Å². The quantitative estimate of drug-likeness (QED) is 0.153. The van der Waals surface area contributed by atoms with Crippen LogP contribution in [0.2, 0.25) is 5.02 Å². The lowest BCUT2D eigenvalue weighted by Crippen LogP contribution is -2.59. The van der Waals surface area contributed by atoms with Gasteiger partial charge in [0.25, 0.3) is 6.47 Å². The Kier molecular flexibility index (Phi) is 7.83. The number of hydrogen-bond acceptors (Lipinski definition) is 11. The van der Waals surface area contributed by atoms with Crippen LogP contribution in [-0.4, -0.2) is 60.5 Å². The predicted molar refractivity (Wildman–Crippen MR) is 110 cm³/mol. The lowest BCUT2D eigenvalue weighted by molar-refractivity contribution is -0.170. The number of benzene rings is 1. The molecule has 2 fully saturated rings. The minimum absolute atomic E-state index is 0.0840. The first-order valence-electron chi connectivity index (χ1n) is 9.70. The number of fused-ring (bicyclic) bond motifs is 1. The number of carbonyl (C=O) groups is 4. The minimum atomic E-state index is -1.81. The summed E-state index contributed by atoms with van der Waals surface area (Å²) >= 11 is 6.98. The fraction of sp³-hybridized carbons (Fsp3) is 0.500. The second-order valence-electron chi connectivity index (χ2n) is 7.58. The van der Waals surface area contributed by atoms with Crippen molar-refractivity contribution in [3.05, 3.63) is 29.0 Å². The molecule has 0 bridgehead atoms. The largest absolute Gasteiger partial charge is 0.430 e. The lowest BCUT2D eigenvalue weighted by Gasteiger charge is -2.34. The van der Waals surface area contributed by atoms with E-state index in [-0.39, 0.29) is 17.2 Å². The van der Waals surface area contributed by atoms with Gasteiger partial charge in [0.1, 0.15) is 11.4 Å². The smallest absolute Gasteiger partial charge is 0.329 e. The molecule has 0 amide bonds. The molecule has 0 radical (unpaired) electrons. The van der Waals surface area contributed by atoms with Crippen LogP contribution in [-0.2, 0) is 38.1 Å². The van der Waals surface area contributed by atoms with Gasteiger partial charge in [-0.15, -0.1) is 11.8 Å². The Morgan fingerprint density at radius 3 is 2.64 bits per heavy atom. The number of nitrogens with two attached hydrogens (primary N) is 1. The second kappa shape index (κ2) is 10.2. The number of rotatable bonds is 10. The molecule has 1 aromatic rings. The Labute approximate surface area is 196 Å². The molecule has 6 atom stereocenters. The minimum Gasteiger partial charge on any atom is -0.430 e. The van der Waals surface area contributed by atoms with Crippen LogP contribution in [0.1, 0.15) is 6.92 Å². The zero-order valence-electron chi connectivity index (χ0n) is 17.3. The molecule has 33 heavy (non-hydrogen) atoms. The third-order valence-electron chi connectivity index (χ3n) is 5.78. The SMILES string of the molecule is CC(=O)OCOC(=O)[C@H]1C2[C@H](O)[C@@H](CSc3ccc(F)c(Cl)c3)[C@@](N)(C(=O)OCOC=O)[C@@H]21. The number of aliphatic hydroxyl groups excluding tert-OH is 1. The monoisotopic (exact) mass is 505 g/mol. The van der Waals surface area contributed by atoms with Crippen molar-refractivity contribution in [2.24, 2.45) is 29.4 Å². The van der Waals surface area contributed by atoms with Gasteiger partial charge in [0, 0.05) is 35.3 Å². The number of aliphatic hydroxyl groups is 1. The molecule has 0 aliphatic heterocycles. The zero-order valence-corrected chi connectivity index (χ0v) is 18.8. The van der Waals surface area contributed by atoms with Crippen LogP contribution in [0.3, 0.4) is 0 Å². The van der Waals surface area contributed by atoms with Gasteiger partial charge in [-0.1, -0.05) is 11.6 Å². The van der Waals surface area contributed by atoms with Crippen molar-refractivity contribution >= 4 is 47.7 Å². The highest BCUT2D eigenvalue weighted by Crippen LogP contribution is 2.64. The van der Waals surface area contributed by atoms with Gasteiger partial charge in [-0.3, -0.25) is 14.4 Å². The molecule has 2 saturated carbocycles. The molecule has 2 aliphatic carbocycles. The van der Waals surface area contributed by atoms with E-state index in [0.29, 0.717) is 4.90 Å². The van der Waals surface area contributed by atoms with Crippen LogP contribution < -0.4 is 5.73 Å². The number of halogens is 2. The fourth-order valence-corrected chi connectivity index (χ4v) is 5.72. The van der Waals surface area contributed by atoms with Gasteiger partial charge in [0.15, 0.2) is 0 Å².